The van der Waals surface area contributed by atoms with Crippen molar-refractivity contribution in [2.45, 2.75) is 13.3 Å². The molecule has 80 valence electrons. The highest BCUT2D eigenvalue weighted by molar-refractivity contribution is 5.94. The molecule has 2 unspecified atom stereocenters. The summed E-state index contributed by atoms with van der Waals surface area (Å²) in [5.74, 6) is 1.79. The third-order valence-electron chi connectivity index (χ3n) is 2.85. The van der Waals surface area contributed by atoms with E-state index in [4.69, 9.17) is 5.73 Å². The quantitative estimate of drug-likeness (QED) is 0.775. The predicted octanol–water partition coefficient (Wildman–Crippen LogP) is 1.05. The zero-order valence-corrected chi connectivity index (χ0v) is 8.73. The fourth-order valence-corrected chi connectivity index (χ4v) is 1.55. The second-order valence-electron chi connectivity index (χ2n) is 4.15. The van der Waals surface area contributed by atoms with Crippen molar-refractivity contribution in [2.75, 3.05) is 12.3 Å². The molecule has 2 atom stereocenters. The van der Waals surface area contributed by atoms with E-state index >= 15 is 0 Å². The molecule has 0 aromatic carbocycles. The summed E-state index contributed by atoms with van der Waals surface area (Å²) in [6, 6.07) is 3.32. The number of hydrogen-bond acceptors (Lipinski definition) is 3. The number of amides is 1. The number of rotatable bonds is 3. The molecule has 4 heteroatoms. The van der Waals surface area contributed by atoms with Crippen LogP contribution in [0, 0.1) is 11.8 Å². The first-order valence-corrected chi connectivity index (χ1v) is 5.16. The van der Waals surface area contributed by atoms with E-state index in [0.717, 1.165) is 12.5 Å². The summed E-state index contributed by atoms with van der Waals surface area (Å²) in [4.78, 5) is 15.5. The summed E-state index contributed by atoms with van der Waals surface area (Å²) in [6.45, 7) is 2.96. The summed E-state index contributed by atoms with van der Waals surface area (Å²) < 4.78 is 0. The molecule has 1 aromatic rings. The molecule has 1 aromatic heterocycles. The molecule has 15 heavy (non-hydrogen) atoms. The Kier molecular flexibility index (Phi) is 2.58. The molecule has 1 heterocycles. The van der Waals surface area contributed by atoms with Crippen LogP contribution in [0.1, 0.15) is 23.7 Å². The van der Waals surface area contributed by atoms with Crippen LogP contribution in [0.3, 0.4) is 0 Å². The highest BCUT2D eigenvalue weighted by Crippen LogP contribution is 2.36. The summed E-state index contributed by atoms with van der Waals surface area (Å²) in [6.07, 6.45) is 2.72. The number of pyridine rings is 1. The summed E-state index contributed by atoms with van der Waals surface area (Å²) >= 11 is 0. The molecule has 1 aliphatic rings. The first kappa shape index (κ1) is 9.96. The number of anilines is 1. The van der Waals surface area contributed by atoms with E-state index in [0.29, 0.717) is 17.3 Å². The molecular formula is C11H15N3O. The van der Waals surface area contributed by atoms with Crippen LogP contribution in [-0.2, 0) is 0 Å². The maximum atomic E-state index is 11.6. The number of nitrogens with one attached hydrogen (secondary N) is 1. The minimum absolute atomic E-state index is 0.0680. The average molecular weight is 205 g/mol. The highest BCUT2D eigenvalue weighted by atomic mass is 16.1. The van der Waals surface area contributed by atoms with E-state index in [-0.39, 0.29) is 5.91 Å². The maximum Gasteiger partial charge on any atom is 0.252 e. The number of aromatic nitrogens is 1. The molecule has 1 aliphatic carbocycles. The van der Waals surface area contributed by atoms with Crippen molar-refractivity contribution in [3.8, 4) is 0 Å². The van der Waals surface area contributed by atoms with Crippen molar-refractivity contribution < 1.29 is 4.79 Å². The molecule has 0 spiro atoms. The highest BCUT2D eigenvalue weighted by Gasteiger charge is 2.32. The standard InChI is InChI=1S/C11H15N3O/c1-7-4-9(7)6-14-11(15)8-2-3-10(12)13-5-8/h2-3,5,7,9H,4,6H2,1H3,(H2,12,13)(H,14,15). The predicted molar refractivity (Wildman–Crippen MR) is 58.3 cm³/mol. The van der Waals surface area contributed by atoms with E-state index < -0.39 is 0 Å². The molecule has 4 nitrogen and oxygen atoms in total. The number of nitrogens with two attached hydrogens (primary N) is 1. The lowest BCUT2D eigenvalue weighted by atomic mass is 10.2. The van der Waals surface area contributed by atoms with Crippen molar-refractivity contribution in [1.82, 2.24) is 10.3 Å². The Bertz CT molecular complexity index is 361. The van der Waals surface area contributed by atoms with Gasteiger partial charge in [-0.2, -0.15) is 0 Å². The Labute approximate surface area is 88.9 Å². The zero-order valence-electron chi connectivity index (χ0n) is 8.73. The van der Waals surface area contributed by atoms with Crippen molar-refractivity contribution >= 4 is 11.7 Å². The topological polar surface area (TPSA) is 68.0 Å². The largest absolute Gasteiger partial charge is 0.384 e. The fourth-order valence-electron chi connectivity index (χ4n) is 1.55. The summed E-state index contributed by atoms with van der Waals surface area (Å²) in [7, 11) is 0. The third kappa shape index (κ3) is 2.46. The Morgan fingerprint density at radius 2 is 2.40 bits per heavy atom. The van der Waals surface area contributed by atoms with Gasteiger partial charge in [0.1, 0.15) is 5.82 Å². The van der Waals surface area contributed by atoms with Gasteiger partial charge < -0.3 is 11.1 Å². The summed E-state index contributed by atoms with van der Waals surface area (Å²) in [5, 5.41) is 2.89. The van der Waals surface area contributed by atoms with E-state index in [2.05, 4.69) is 17.2 Å². The maximum absolute atomic E-state index is 11.6. The van der Waals surface area contributed by atoms with Crippen LogP contribution in [0.15, 0.2) is 18.3 Å². The molecule has 0 bridgehead atoms. The van der Waals surface area contributed by atoms with E-state index in [1.165, 1.54) is 12.6 Å². The number of carbonyl (C=O) groups excluding carboxylic acids is 1. The summed E-state index contributed by atoms with van der Waals surface area (Å²) in [5.41, 5.74) is 6.00. The van der Waals surface area contributed by atoms with E-state index in [1.54, 1.807) is 12.1 Å². The molecular weight excluding hydrogens is 190 g/mol. The molecule has 0 aliphatic heterocycles. The van der Waals surface area contributed by atoms with E-state index in [1.807, 2.05) is 0 Å². The van der Waals surface area contributed by atoms with Gasteiger partial charge in [0, 0.05) is 12.7 Å². The monoisotopic (exact) mass is 205 g/mol. The Balaban J connectivity index is 1.87. The molecule has 2 rings (SSSR count). The van der Waals surface area contributed by atoms with Gasteiger partial charge in [-0.3, -0.25) is 4.79 Å². The van der Waals surface area contributed by atoms with Gasteiger partial charge in [-0.25, -0.2) is 4.98 Å². The van der Waals surface area contributed by atoms with Crippen LogP contribution in [0.25, 0.3) is 0 Å². The zero-order chi connectivity index (χ0) is 10.8. The average Bonchev–Trinajstić information content (AvgIpc) is 2.92. The Hall–Kier alpha value is -1.58. The lowest BCUT2D eigenvalue weighted by Crippen LogP contribution is -2.26. The van der Waals surface area contributed by atoms with Crippen LogP contribution in [0.5, 0.6) is 0 Å². The lowest BCUT2D eigenvalue weighted by Gasteiger charge is -2.03. The first-order chi connectivity index (χ1) is 7.16. The molecule has 3 N–H and O–H groups in total. The minimum atomic E-state index is -0.0680. The second kappa shape index (κ2) is 3.88. The Morgan fingerprint density at radius 1 is 1.67 bits per heavy atom. The van der Waals surface area contributed by atoms with Gasteiger partial charge in [-0.1, -0.05) is 6.92 Å². The Morgan fingerprint density at radius 3 is 2.93 bits per heavy atom. The smallest absolute Gasteiger partial charge is 0.252 e. The van der Waals surface area contributed by atoms with Gasteiger partial charge in [0.05, 0.1) is 5.56 Å². The molecule has 0 radical (unpaired) electrons. The van der Waals surface area contributed by atoms with Crippen molar-refractivity contribution in [1.29, 1.82) is 0 Å². The van der Waals surface area contributed by atoms with Gasteiger partial charge in [0.25, 0.3) is 5.91 Å². The molecule has 1 amide bonds. The van der Waals surface area contributed by atoms with Crippen LogP contribution >= 0.6 is 0 Å². The number of nitrogens with zero attached hydrogens (tertiary/aromatic N) is 1. The van der Waals surface area contributed by atoms with Crippen LogP contribution in [-0.4, -0.2) is 17.4 Å². The number of hydrogen-bond donors (Lipinski definition) is 2. The van der Waals surface area contributed by atoms with Gasteiger partial charge in [-0.05, 0) is 30.4 Å². The third-order valence-corrected chi connectivity index (χ3v) is 2.85. The van der Waals surface area contributed by atoms with Crippen molar-refractivity contribution in [3.63, 3.8) is 0 Å². The van der Waals surface area contributed by atoms with E-state index in [9.17, 15) is 4.79 Å². The molecule has 0 saturated heterocycles. The normalized spacial score (nSPS) is 23.5. The van der Waals surface area contributed by atoms with Crippen molar-refractivity contribution in [2.24, 2.45) is 11.8 Å². The van der Waals surface area contributed by atoms with Crippen LogP contribution < -0.4 is 11.1 Å². The lowest BCUT2D eigenvalue weighted by molar-refractivity contribution is 0.0951. The van der Waals surface area contributed by atoms with Gasteiger partial charge in [-0.15, -0.1) is 0 Å². The van der Waals surface area contributed by atoms with Gasteiger partial charge in [0.15, 0.2) is 0 Å². The number of nitrogen functional groups attached to an aromatic ring is 1. The fraction of sp³-hybridized carbons (Fsp3) is 0.455. The SMILES string of the molecule is CC1CC1CNC(=O)c1ccc(N)nc1. The van der Waals surface area contributed by atoms with Crippen LogP contribution in [0.2, 0.25) is 0 Å². The molecule has 1 saturated carbocycles. The van der Waals surface area contributed by atoms with Gasteiger partial charge in [0.2, 0.25) is 0 Å². The minimum Gasteiger partial charge on any atom is -0.384 e. The first-order valence-electron chi connectivity index (χ1n) is 5.16. The van der Waals surface area contributed by atoms with Crippen molar-refractivity contribution in [3.05, 3.63) is 23.9 Å². The molecule has 1 fully saturated rings. The van der Waals surface area contributed by atoms with Gasteiger partial charge >= 0.3 is 0 Å². The second-order valence-corrected chi connectivity index (χ2v) is 4.15. The number of carbonyl (C=O) groups is 1. The van der Waals surface area contributed by atoms with Crippen LogP contribution in [0.4, 0.5) is 5.82 Å².